The molecule has 2 aromatic heterocycles. The number of thiophene rings is 1. The van der Waals surface area contributed by atoms with Gasteiger partial charge in [-0.05, 0) is 37.0 Å². The van der Waals surface area contributed by atoms with Crippen molar-refractivity contribution in [1.82, 2.24) is 14.8 Å². The molecule has 0 radical (unpaired) electrons. The van der Waals surface area contributed by atoms with Crippen LogP contribution in [-0.2, 0) is 24.1 Å². The molecule has 1 amide bonds. The third-order valence-corrected chi connectivity index (χ3v) is 6.79. The Hall–Kier alpha value is -2.63. The van der Waals surface area contributed by atoms with Crippen molar-refractivity contribution in [3.63, 3.8) is 0 Å². The third-order valence-electron chi connectivity index (χ3n) is 4.65. The van der Waals surface area contributed by atoms with Crippen molar-refractivity contribution >= 4 is 34.0 Å². The Balaban J connectivity index is 1.48. The number of thioether (sulfide) groups is 1. The fourth-order valence-electron chi connectivity index (χ4n) is 3.36. The highest BCUT2D eigenvalue weighted by Gasteiger charge is 2.23. The number of hydrogen-bond donors (Lipinski definition) is 1. The van der Waals surface area contributed by atoms with Gasteiger partial charge in [0.1, 0.15) is 16.9 Å². The standard InChI is InChI=1S/C20H19N5OS2/c1-2-17-23-24-20(25(17)13-7-4-3-5-8-13)27-12-18(26)22-19-15(11-21)14-9-6-10-16(14)28-19/h3-5,7-8H,2,6,9-10,12H2,1H3,(H,22,26). The molecule has 4 rings (SSSR count). The number of carbonyl (C=O) groups excluding carboxylic acids is 1. The van der Waals surface area contributed by atoms with Gasteiger partial charge in [0.25, 0.3) is 0 Å². The molecule has 2 heterocycles. The quantitative estimate of drug-likeness (QED) is 0.623. The van der Waals surface area contributed by atoms with Gasteiger partial charge in [0.2, 0.25) is 5.91 Å². The molecule has 142 valence electrons. The first-order chi connectivity index (χ1) is 13.7. The van der Waals surface area contributed by atoms with Gasteiger partial charge in [0.15, 0.2) is 5.16 Å². The van der Waals surface area contributed by atoms with Gasteiger partial charge in [0, 0.05) is 17.0 Å². The molecule has 0 aliphatic heterocycles. The zero-order valence-electron chi connectivity index (χ0n) is 15.4. The highest BCUT2D eigenvalue weighted by molar-refractivity contribution is 7.99. The number of benzene rings is 1. The molecule has 0 bridgehead atoms. The molecule has 0 spiro atoms. The van der Waals surface area contributed by atoms with Crippen LogP contribution in [-0.4, -0.2) is 26.4 Å². The van der Waals surface area contributed by atoms with Gasteiger partial charge in [-0.15, -0.1) is 21.5 Å². The summed E-state index contributed by atoms with van der Waals surface area (Å²) >= 11 is 2.88. The van der Waals surface area contributed by atoms with E-state index in [1.54, 1.807) is 0 Å². The number of para-hydroxylation sites is 1. The summed E-state index contributed by atoms with van der Waals surface area (Å²) in [6.45, 7) is 2.03. The lowest BCUT2D eigenvalue weighted by Gasteiger charge is -2.09. The first kappa shape index (κ1) is 18.7. The predicted octanol–water partition coefficient (Wildman–Crippen LogP) is 3.98. The highest BCUT2D eigenvalue weighted by atomic mass is 32.2. The van der Waals surface area contributed by atoms with Crippen molar-refractivity contribution in [1.29, 1.82) is 5.26 Å². The summed E-state index contributed by atoms with van der Waals surface area (Å²) < 4.78 is 1.98. The number of hydrogen-bond acceptors (Lipinski definition) is 6. The zero-order valence-corrected chi connectivity index (χ0v) is 17.1. The van der Waals surface area contributed by atoms with E-state index in [1.165, 1.54) is 28.0 Å². The fraction of sp³-hybridized carbons (Fsp3) is 0.300. The van der Waals surface area contributed by atoms with Gasteiger partial charge in [-0.1, -0.05) is 36.9 Å². The van der Waals surface area contributed by atoms with Gasteiger partial charge in [-0.3, -0.25) is 9.36 Å². The van der Waals surface area contributed by atoms with E-state index in [4.69, 9.17) is 0 Å². The molecule has 0 saturated heterocycles. The van der Waals surface area contributed by atoms with Crippen LogP contribution in [0.5, 0.6) is 0 Å². The Morgan fingerprint density at radius 2 is 2.14 bits per heavy atom. The molecule has 6 nitrogen and oxygen atoms in total. The lowest BCUT2D eigenvalue weighted by Crippen LogP contribution is -2.14. The summed E-state index contributed by atoms with van der Waals surface area (Å²) in [7, 11) is 0. The number of amides is 1. The summed E-state index contributed by atoms with van der Waals surface area (Å²) in [5, 5.41) is 22.3. The topological polar surface area (TPSA) is 83.6 Å². The lowest BCUT2D eigenvalue weighted by atomic mass is 10.1. The monoisotopic (exact) mass is 409 g/mol. The average Bonchev–Trinajstić information content (AvgIpc) is 3.41. The Labute approximate surface area is 171 Å². The number of aryl methyl sites for hydroxylation is 2. The second-order valence-corrected chi connectivity index (χ2v) is 8.48. The molecule has 0 atom stereocenters. The second-order valence-electron chi connectivity index (χ2n) is 6.43. The molecule has 0 fully saturated rings. The van der Waals surface area contributed by atoms with E-state index in [1.807, 2.05) is 41.8 Å². The van der Waals surface area contributed by atoms with Crippen molar-refractivity contribution < 1.29 is 4.79 Å². The van der Waals surface area contributed by atoms with Crippen molar-refractivity contribution in [3.8, 4) is 11.8 Å². The number of fused-ring (bicyclic) bond motifs is 1. The minimum Gasteiger partial charge on any atom is -0.316 e. The van der Waals surface area contributed by atoms with E-state index in [9.17, 15) is 10.1 Å². The van der Waals surface area contributed by atoms with Crippen LogP contribution >= 0.6 is 23.1 Å². The second kappa shape index (κ2) is 8.17. The number of rotatable bonds is 6. The molecule has 0 unspecified atom stereocenters. The van der Waals surface area contributed by atoms with Gasteiger partial charge in [-0.2, -0.15) is 5.26 Å². The summed E-state index contributed by atoms with van der Waals surface area (Å²) in [6.07, 6.45) is 3.77. The molecule has 1 aliphatic rings. The number of carbonyl (C=O) groups is 1. The SMILES string of the molecule is CCc1nnc(SCC(=O)Nc2sc3c(c2C#N)CCC3)n1-c1ccccc1. The van der Waals surface area contributed by atoms with Gasteiger partial charge in [0.05, 0.1) is 11.3 Å². The van der Waals surface area contributed by atoms with Crippen molar-refractivity contribution in [2.45, 2.75) is 37.8 Å². The summed E-state index contributed by atoms with van der Waals surface area (Å²) in [5.41, 5.74) is 2.73. The van der Waals surface area contributed by atoms with E-state index in [0.29, 0.717) is 15.7 Å². The largest absolute Gasteiger partial charge is 0.316 e. The Kier molecular flexibility index (Phi) is 5.46. The van der Waals surface area contributed by atoms with Crippen LogP contribution < -0.4 is 5.32 Å². The molecule has 1 N–H and O–H groups in total. The summed E-state index contributed by atoms with van der Waals surface area (Å²) in [4.78, 5) is 13.7. The van der Waals surface area contributed by atoms with E-state index >= 15 is 0 Å². The van der Waals surface area contributed by atoms with Gasteiger partial charge in [-0.25, -0.2) is 0 Å². The predicted molar refractivity (Wildman–Crippen MR) is 111 cm³/mol. The fourth-order valence-corrected chi connectivity index (χ4v) is 5.39. The number of anilines is 1. The maximum Gasteiger partial charge on any atom is 0.235 e. The highest BCUT2D eigenvalue weighted by Crippen LogP contribution is 2.38. The minimum atomic E-state index is -0.137. The van der Waals surface area contributed by atoms with Crippen LogP contribution in [0.25, 0.3) is 5.69 Å². The Morgan fingerprint density at radius 1 is 1.32 bits per heavy atom. The molecule has 0 saturated carbocycles. The summed E-state index contributed by atoms with van der Waals surface area (Å²) in [5.74, 6) is 0.930. The van der Waals surface area contributed by atoms with Crippen molar-refractivity contribution in [2.75, 3.05) is 11.1 Å². The number of aromatic nitrogens is 3. The van der Waals surface area contributed by atoms with Crippen LogP contribution in [0.4, 0.5) is 5.00 Å². The first-order valence-corrected chi connectivity index (χ1v) is 11.0. The van der Waals surface area contributed by atoms with Crippen LogP contribution in [0.2, 0.25) is 0 Å². The van der Waals surface area contributed by atoms with E-state index < -0.39 is 0 Å². The number of nitrogens with zero attached hydrogens (tertiary/aromatic N) is 4. The maximum atomic E-state index is 12.5. The summed E-state index contributed by atoms with van der Waals surface area (Å²) in [6, 6.07) is 12.2. The van der Waals surface area contributed by atoms with Crippen LogP contribution in [0, 0.1) is 11.3 Å². The number of nitrogens with one attached hydrogen (secondary N) is 1. The molecule has 3 aromatic rings. The number of nitriles is 1. The molecule has 8 heteroatoms. The van der Waals surface area contributed by atoms with E-state index in [0.717, 1.165) is 42.8 Å². The lowest BCUT2D eigenvalue weighted by molar-refractivity contribution is -0.113. The van der Waals surface area contributed by atoms with Crippen LogP contribution in [0.3, 0.4) is 0 Å². The van der Waals surface area contributed by atoms with Gasteiger partial charge < -0.3 is 5.32 Å². The van der Waals surface area contributed by atoms with Crippen LogP contribution in [0.15, 0.2) is 35.5 Å². The molecular weight excluding hydrogens is 390 g/mol. The Morgan fingerprint density at radius 3 is 2.89 bits per heavy atom. The zero-order chi connectivity index (χ0) is 19.5. The van der Waals surface area contributed by atoms with Crippen molar-refractivity contribution in [2.24, 2.45) is 0 Å². The third kappa shape index (κ3) is 3.55. The normalized spacial score (nSPS) is 12.6. The first-order valence-electron chi connectivity index (χ1n) is 9.18. The van der Waals surface area contributed by atoms with Crippen molar-refractivity contribution in [3.05, 3.63) is 52.2 Å². The molecule has 1 aromatic carbocycles. The molecule has 28 heavy (non-hydrogen) atoms. The molecular formula is C20H19N5OS2. The smallest absolute Gasteiger partial charge is 0.235 e. The van der Waals surface area contributed by atoms with Crippen LogP contribution in [0.1, 0.15) is 35.2 Å². The average molecular weight is 410 g/mol. The molecule has 1 aliphatic carbocycles. The Bertz CT molecular complexity index is 1050. The van der Waals surface area contributed by atoms with E-state index in [-0.39, 0.29) is 11.7 Å². The minimum absolute atomic E-state index is 0.137. The van der Waals surface area contributed by atoms with Gasteiger partial charge >= 0.3 is 0 Å². The van der Waals surface area contributed by atoms with E-state index in [2.05, 4.69) is 21.6 Å². The maximum absolute atomic E-state index is 12.5.